The number of anilines is 1. The van der Waals surface area contributed by atoms with Crippen molar-refractivity contribution in [2.45, 2.75) is 103 Å². The Morgan fingerprint density at radius 1 is 0.844 bits per heavy atom. The fraction of sp³-hybridized carbons (Fsp3) is 0.471. The molecular formula is C34H46N4O6S. The average Bonchev–Trinajstić information content (AvgIpc) is 2.96. The van der Waals surface area contributed by atoms with Gasteiger partial charge in [-0.1, -0.05) is 44.2 Å². The number of ether oxygens (including phenoxy) is 2. The molecule has 0 N–H and O–H groups in total. The number of pyridine rings is 2. The number of carbonyl (C=O) groups is 2. The topological polar surface area (TPSA) is 119 Å². The molecule has 0 radical (unpaired) electrons. The van der Waals surface area contributed by atoms with Gasteiger partial charge in [0.2, 0.25) is 10.0 Å². The van der Waals surface area contributed by atoms with Crippen LogP contribution in [0.3, 0.4) is 0 Å². The molecule has 1 aromatic carbocycles. The van der Waals surface area contributed by atoms with Gasteiger partial charge >= 0.3 is 12.1 Å². The van der Waals surface area contributed by atoms with Crippen LogP contribution in [0.2, 0.25) is 0 Å². The Bertz CT molecular complexity index is 1530. The fourth-order valence-electron chi connectivity index (χ4n) is 4.68. The van der Waals surface area contributed by atoms with Crippen molar-refractivity contribution in [1.82, 2.24) is 14.3 Å². The van der Waals surface area contributed by atoms with Crippen molar-refractivity contribution in [3.05, 3.63) is 83.8 Å². The zero-order chi connectivity index (χ0) is 33.4. The van der Waals surface area contributed by atoms with E-state index in [4.69, 9.17) is 9.47 Å². The molecule has 3 rings (SSSR count). The van der Waals surface area contributed by atoms with Crippen molar-refractivity contribution in [2.24, 2.45) is 0 Å². The Kier molecular flexibility index (Phi) is 11.9. The van der Waals surface area contributed by atoms with Crippen LogP contribution in [0.25, 0.3) is 0 Å². The number of benzene rings is 1. The largest absolute Gasteiger partial charge is 0.459 e. The quantitative estimate of drug-likeness (QED) is 0.198. The lowest BCUT2D eigenvalue weighted by Gasteiger charge is -2.28. The highest BCUT2D eigenvalue weighted by atomic mass is 32.2. The summed E-state index contributed by atoms with van der Waals surface area (Å²) in [5.41, 5.74) is 0.797. The summed E-state index contributed by atoms with van der Waals surface area (Å²) >= 11 is 0. The molecule has 0 atom stereocenters. The minimum absolute atomic E-state index is 0.0510. The number of esters is 1. The van der Waals surface area contributed by atoms with Gasteiger partial charge in [0.1, 0.15) is 28.5 Å². The predicted molar refractivity (Wildman–Crippen MR) is 174 cm³/mol. The van der Waals surface area contributed by atoms with E-state index in [1.54, 1.807) is 65.8 Å². The second-order valence-corrected chi connectivity index (χ2v) is 14.8. The first-order chi connectivity index (χ1) is 21.0. The van der Waals surface area contributed by atoms with Gasteiger partial charge in [-0.15, -0.1) is 0 Å². The minimum atomic E-state index is -3.99. The third-order valence-electron chi connectivity index (χ3n) is 6.80. The summed E-state index contributed by atoms with van der Waals surface area (Å²) in [6, 6.07) is 16.0. The van der Waals surface area contributed by atoms with Crippen LogP contribution in [0.1, 0.15) is 91.0 Å². The molecule has 0 bridgehead atoms. The number of hydrogen-bond acceptors (Lipinski definition) is 8. The van der Waals surface area contributed by atoms with Gasteiger partial charge in [0, 0.05) is 18.9 Å². The normalized spacial score (nSPS) is 12.3. The lowest BCUT2D eigenvalue weighted by atomic mass is 9.93. The Morgan fingerprint density at radius 3 is 2.04 bits per heavy atom. The molecule has 0 spiro atoms. The van der Waals surface area contributed by atoms with Crippen LogP contribution >= 0.6 is 0 Å². The molecule has 0 saturated carbocycles. The Morgan fingerprint density at radius 2 is 1.49 bits per heavy atom. The van der Waals surface area contributed by atoms with Gasteiger partial charge in [0.05, 0.1) is 12.2 Å². The van der Waals surface area contributed by atoms with Crippen LogP contribution in [-0.4, -0.2) is 52.5 Å². The molecule has 2 aromatic heterocycles. The van der Waals surface area contributed by atoms with E-state index >= 15 is 0 Å². The van der Waals surface area contributed by atoms with Gasteiger partial charge in [0.25, 0.3) is 0 Å². The Hall–Kier alpha value is -3.83. The third-order valence-corrected chi connectivity index (χ3v) is 8.57. The van der Waals surface area contributed by atoms with E-state index in [2.05, 4.69) is 35.9 Å². The number of carbonyl (C=O) groups excluding carboxylic acids is 2. The Balaban J connectivity index is 1.99. The van der Waals surface area contributed by atoms with Gasteiger partial charge in [-0.25, -0.2) is 18.2 Å². The van der Waals surface area contributed by atoms with Crippen molar-refractivity contribution in [3.8, 4) is 0 Å². The van der Waals surface area contributed by atoms with Gasteiger partial charge in [-0.05, 0) is 95.7 Å². The Labute approximate surface area is 267 Å². The van der Waals surface area contributed by atoms with Crippen LogP contribution in [0, 0.1) is 0 Å². The third kappa shape index (κ3) is 10.6. The summed E-state index contributed by atoms with van der Waals surface area (Å²) in [6.07, 6.45) is 4.09. The fourth-order valence-corrected chi connectivity index (χ4v) is 6.04. The predicted octanol–water partition coefficient (Wildman–Crippen LogP) is 6.85. The lowest BCUT2D eigenvalue weighted by molar-refractivity contribution is -0.153. The summed E-state index contributed by atoms with van der Waals surface area (Å²) in [4.78, 5) is 35.8. The first-order valence-electron chi connectivity index (χ1n) is 15.2. The van der Waals surface area contributed by atoms with Crippen LogP contribution in [0.5, 0.6) is 0 Å². The summed E-state index contributed by atoms with van der Waals surface area (Å²) in [6.45, 7) is 14.2. The van der Waals surface area contributed by atoms with Gasteiger partial charge in [-0.2, -0.15) is 4.31 Å². The highest BCUT2D eigenvalue weighted by molar-refractivity contribution is 7.89. The van der Waals surface area contributed by atoms with Crippen molar-refractivity contribution in [1.29, 1.82) is 0 Å². The van der Waals surface area contributed by atoms with Crippen LogP contribution < -0.4 is 4.90 Å². The zero-order valence-corrected chi connectivity index (χ0v) is 28.4. The van der Waals surface area contributed by atoms with Gasteiger partial charge in [-0.3, -0.25) is 14.7 Å². The molecule has 10 nitrogen and oxygen atoms in total. The lowest BCUT2D eigenvalue weighted by Crippen LogP contribution is -2.42. The van der Waals surface area contributed by atoms with E-state index in [-0.39, 0.29) is 23.8 Å². The van der Waals surface area contributed by atoms with E-state index in [0.717, 1.165) is 23.3 Å². The summed E-state index contributed by atoms with van der Waals surface area (Å²) < 4.78 is 40.1. The van der Waals surface area contributed by atoms with E-state index in [9.17, 15) is 18.0 Å². The highest BCUT2D eigenvalue weighted by Crippen LogP contribution is 2.26. The van der Waals surface area contributed by atoms with Crippen LogP contribution in [0.15, 0.2) is 71.9 Å². The van der Waals surface area contributed by atoms with Crippen LogP contribution in [0.4, 0.5) is 10.6 Å². The highest BCUT2D eigenvalue weighted by Gasteiger charge is 2.30. The molecule has 1 amide bonds. The monoisotopic (exact) mass is 638 g/mol. The van der Waals surface area contributed by atoms with Gasteiger partial charge < -0.3 is 9.47 Å². The number of sulfonamides is 1. The SMILES string of the molecule is CCC(CC)c1ccc(CN(Cc2cccc(N(CC(=O)OC(C)(C)C)C(=O)OC(C)(C)C)n2)S(=O)(=O)c2cccnc2)cc1. The van der Waals surface area contributed by atoms with Crippen LogP contribution in [-0.2, 0) is 37.4 Å². The number of nitrogens with zero attached hydrogens (tertiary/aromatic N) is 4. The van der Waals surface area contributed by atoms with Crippen molar-refractivity contribution in [2.75, 3.05) is 11.4 Å². The number of amides is 1. The molecular weight excluding hydrogens is 592 g/mol. The average molecular weight is 639 g/mol. The first-order valence-corrected chi connectivity index (χ1v) is 16.6. The van der Waals surface area contributed by atoms with E-state index in [0.29, 0.717) is 11.6 Å². The van der Waals surface area contributed by atoms with E-state index in [1.165, 1.54) is 28.3 Å². The van der Waals surface area contributed by atoms with E-state index < -0.39 is 39.8 Å². The summed E-state index contributed by atoms with van der Waals surface area (Å²) in [5, 5.41) is 0. The van der Waals surface area contributed by atoms with Crippen molar-refractivity contribution < 1.29 is 27.5 Å². The molecule has 3 aromatic rings. The number of hydrogen-bond donors (Lipinski definition) is 0. The number of aromatic nitrogens is 2. The summed E-state index contributed by atoms with van der Waals surface area (Å²) in [5.74, 6) is -0.0751. The minimum Gasteiger partial charge on any atom is -0.459 e. The first kappa shape index (κ1) is 35.6. The molecule has 0 fully saturated rings. The molecule has 2 heterocycles. The molecule has 244 valence electrons. The molecule has 0 aliphatic carbocycles. The molecule has 11 heteroatoms. The maximum atomic E-state index is 13.9. The van der Waals surface area contributed by atoms with E-state index in [1.807, 2.05) is 12.1 Å². The second kappa shape index (κ2) is 15.0. The maximum Gasteiger partial charge on any atom is 0.416 e. The van der Waals surface area contributed by atoms with Crippen molar-refractivity contribution in [3.63, 3.8) is 0 Å². The molecule has 0 saturated heterocycles. The molecule has 45 heavy (non-hydrogen) atoms. The van der Waals surface area contributed by atoms with Gasteiger partial charge in [0.15, 0.2) is 0 Å². The van der Waals surface area contributed by atoms with Crippen molar-refractivity contribution >= 4 is 27.9 Å². The summed E-state index contributed by atoms with van der Waals surface area (Å²) in [7, 11) is -3.99. The molecule has 0 aliphatic rings. The molecule has 0 aliphatic heterocycles. The smallest absolute Gasteiger partial charge is 0.416 e. The maximum absolute atomic E-state index is 13.9. The zero-order valence-electron chi connectivity index (χ0n) is 27.6. The molecule has 0 unspecified atom stereocenters. The number of rotatable bonds is 12. The second-order valence-electron chi connectivity index (χ2n) is 12.9. The standard InChI is InChI=1S/C34H46N4O6S/c1-9-26(10-2)27-18-16-25(17-19-27)22-37(45(41,42)29-14-12-20-35-21-29)23-28-13-11-15-30(36-28)38(32(40)44-34(6,7)8)24-31(39)43-33(3,4)5/h11-21,26H,9-10,22-24H2,1-8H3.